The van der Waals surface area contributed by atoms with Crippen LogP contribution in [0.4, 0.5) is 5.69 Å². The predicted molar refractivity (Wildman–Crippen MR) is 96.0 cm³/mol. The second-order valence-corrected chi connectivity index (χ2v) is 6.44. The van der Waals surface area contributed by atoms with Gasteiger partial charge in [-0.25, -0.2) is 4.90 Å². The first-order valence-corrected chi connectivity index (χ1v) is 8.19. The lowest BCUT2D eigenvalue weighted by molar-refractivity contribution is -0.700. The number of benzene rings is 2. The maximum Gasteiger partial charge on any atom is 0.290 e. The maximum absolute atomic E-state index is 8.13. The topological polar surface area (TPSA) is 53.0 Å². The van der Waals surface area contributed by atoms with Crippen LogP contribution in [-0.2, 0) is 0 Å². The molecule has 120 valence electrons. The van der Waals surface area contributed by atoms with E-state index in [1.807, 2.05) is 42.5 Å². The minimum Gasteiger partial charge on any atom is -1.00 e. The summed E-state index contributed by atoms with van der Waals surface area (Å²) in [4.78, 5) is 2.35. The fourth-order valence-electron chi connectivity index (χ4n) is 2.72. The summed E-state index contributed by atoms with van der Waals surface area (Å²) >= 11 is 1.63. The number of halogens is 1. The molecule has 2 aromatic carbocycles. The zero-order valence-electron chi connectivity index (χ0n) is 13.0. The van der Waals surface area contributed by atoms with Crippen molar-refractivity contribution in [2.24, 2.45) is 10.2 Å². The van der Waals surface area contributed by atoms with Crippen molar-refractivity contribution in [1.29, 1.82) is 5.41 Å². The summed E-state index contributed by atoms with van der Waals surface area (Å²) in [6.07, 6.45) is 3.72. The Kier molecular flexibility index (Phi) is 4.98. The summed E-state index contributed by atoms with van der Waals surface area (Å²) in [7, 11) is 2.07. The van der Waals surface area contributed by atoms with Crippen molar-refractivity contribution in [2.75, 3.05) is 7.05 Å². The number of fused-ring (bicyclic) bond motifs is 2. The number of hydrogen-bond donors (Lipinski definition) is 2. The van der Waals surface area contributed by atoms with Crippen LogP contribution in [0, 0.1) is 5.41 Å². The van der Waals surface area contributed by atoms with E-state index in [0.717, 1.165) is 21.2 Å². The van der Waals surface area contributed by atoms with E-state index in [9.17, 15) is 0 Å². The molecule has 0 radical (unpaired) electrons. The molecule has 2 N–H and O–H groups in total. The molecule has 0 fully saturated rings. The summed E-state index contributed by atoms with van der Waals surface area (Å²) < 4.78 is 0. The highest BCUT2D eigenvalue weighted by molar-refractivity contribution is 8.13. The molecular weight excluding hydrogens is 431 g/mol. The lowest BCUT2D eigenvalue weighted by Gasteiger charge is -2.12. The number of allylic oxidation sites excluding steroid dienone is 1. The van der Waals surface area contributed by atoms with Gasteiger partial charge in [0.2, 0.25) is 0 Å². The van der Waals surface area contributed by atoms with E-state index in [-0.39, 0.29) is 24.0 Å². The molecule has 0 bridgehead atoms. The van der Waals surface area contributed by atoms with Gasteiger partial charge in [0.05, 0.1) is 17.7 Å². The normalized spacial score (nSPS) is 21.5. The van der Waals surface area contributed by atoms with Crippen LogP contribution in [0.3, 0.4) is 0 Å². The lowest BCUT2D eigenvalue weighted by Crippen LogP contribution is -3.04. The molecular formula is C18H15IN4S. The molecule has 0 saturated carbocycles. The third kappa shape index (κ3) is 2.97. The SMILES string of the molecule is C[NH+]1/C(=N\N=C2\C(=N)C=Cc3ccccc32)Sc2ccccc21.[I-]. The van der Waals surface area contributed by atoms with Crippen molar-refractivity contribution in [3.63, 3.8) is 0 Å². The molecule has 6 heteroatoms. The number of amidine groups is 1. The van der Waals surface area contributed by atoms with Crippen molar-refractivity contribution in [3.05, 3.63) is 65.7 Å². The Balaban J connectivity index is 0.00000169. The lowest BCUT2D eigenvalue weighted by atomic mass is 9.94. The molecule has 1 unspecified atom stereocenters. The van der Waals surface area contributed by atoms with Gasteiger partial charge in [-0.3, -0.25) is 5.41 Å². The zero-order chi connectivity index (χ0) is 15.8. The largest absolute Gasteiger partial charge is 1.00 e. The van der Waals surface area contributed by atoms with Crippen LogP contribution in [0.5, 0.6) is 0 Å². The van der Waals surface area contributed by atoms with Crippen molar-refractivity contribution in [3.8, 4) is 0 Å². The first-order chi connectivity index (χ1) is 11.2. The number of nitrogens with one attached hydrogen (secondary N) is 2. The fourth-order valence-corrected chi connectivity index (χ4v) is 3.75. The Morgan fingerprint density at radius 1 is 0.958 bits per heavy atom. The number of quaternary nitrogens is 1. The van der Waals surface area contributed by atoms with Gasteiger partial charge in [0, 0.05) is 11.6 Å². The van der Waals surface area contributed by atoms with Crippen LogP contribution in [0.15, 0.2) is 69.7 Å². The third-order valence-corrected chi connectivity index (χ3v) is 5.12. The van der Waals surface area contributed by atoms with Gasteiger partial charge in [-0.15, -0.1) is 5.10 Å². The smallest absolute Gasteiger partial charge is 0.290 e. The molecule has 4 nitrogen and oxygen atoms in total. The van der Waals surface area contributed by atoms with Gasteiger partial charge >= 0.3 is 0 Å². The van der Waals surface area contributed by atoms with Crippen LogP contribution >= 0.6 is 11.8 Å². The molecule has 1 atom stereocenters. The summed E-state index contributed by atoms with van der Waals surface area (Å²) in [6.45, 7) is 0. The number of hydrogen-bond acceptors (Lipinski definition) is 4. The molecule has 1 heterocycles. The van der Waals surface area contributed by atoms with Gasteiger partial charge < -0.3 is 24.0 Å². The Morgan fingerprint density at radius 3 is 2.54 bits per heavy atom. The Bertz CT molecular complexity index is 901. The molecule has 0 aromatic heterocycles. The van der Waals surface area contributed by atoms with Crippen LogP contribution in [0.2, 0.25) is 0 Å². The van der Waals surface area contributed by atoms with Crippen molar-refractivity contribution in [1.82, 2.24) is 0 Å². The first kappa shape index (κ1) is 17.1. The molecule has 24 heavy (non-hydrogen) atoms. The molecule has 2 aromatic rings. The average Bonchev–Trinajstić information content (AvgIpc) is 2.90. The van der Waals surface area contributed by atoms with E-state index < -0.39 is 0 Å². The minimum atomic E-state index is 0. The number of thioether (sulfide) groups is 1. The van der Waals surface area contributed by atoms with Gasteiger partial charge in [0.25, 0.3) is 5.17 Å². The molecule has 0 saturated heterocycles. The first-order valence-electron chi connectivity index (χ1n) is 7.37. The van der Waals surface area contributed by atoms with Crippen LogP contribution in [-0.4, -0.2) is 23.6 Å². The standard InChI is InChI=1S/C18H14N4S.HI/c1-22-15-8-4-5-9-16(15)23-18(22)21-20-17-13-7-3-2-6-12(13)10-11-14(17)19;/h2-11,19H,1H3;1H/b19-14?,20-17+,21-18+;. The maximum atomic E-state index is 8.13. The molecule has 1 aliphatic heterocycles. The van der Waals surface area contributed by atoms with E-state index in [1.165, 1.54) is 10.6 Å². The molecule has 2 aliphatic rings. The number of nitrogens with zero attached hydrogens (tertiary/aromatic N) is 2. The van der Waals surface area contributed by atoms with Gasteiger partial charge in [-0.05, 0) is 29.5 Å². The summed E-state index contributed by atoms with van der Waals surface area (Å²) in [5, 5.41) is 17.9. The fraction of sp³-hybridized carbons (Fsp3) is 0.0556. The molecule has 4 rings (SSSR count). The van der Waals surface area contributed by atoms with Crippen molar-refractivity contribution >= 4 is 40.1 Å². The van der Waals surface area contributed by atoms with Crippen LogP contribution in [0.1, 0.15) is 11.1 Å². The van der Waals surface area contributed by atoms with Crippen molar-refractivity contribution in [2.45, 2.75) is 4.90 Å². The summed E-state index contributed by atoms with van der Waals surface area (Å²) in [5.74, 6) is 0. The van der Waals surface area contributed by atoms with Gasteiger partial charge in [0.15, 0.2) is 5.69 Å². The second kappa shape index (κ2) is 7.00. The molecule has 0 spiro atoms. The van der Waals surface area contributed by atoms with Crippen LogP contribution in [0.25, 0.3) is 6.08 Å². The highest BCUT2D eigenvalue weighted by atomic mass is 127. The third-order valence-electron chi connectivity index (χ3n) is 3.96. The van der Waals surface area contributed by atoms with Crippen molar-refractivity contribution < 1.29 is 28.9 Å². The van der Waals surface area contributed by atoms with E-state index in [4.69, 9.17) is 5.41 Å². The summed E-state index contributed by atoms with van der Waals surface area (Å²) in [6, 6.07) is 16.2. The molecule has 0 amide bonds. The Labute approximate surface area is 161 Å². The minimum absolute atomic E-state index is 0. The van der Waals surface area contributed by atoms with Crippen LogP contribution < -0.4 is 28.9 Å². The highest BCUT2D eigenvalue weighted by Gasteiger charge is 2.29. The number of para-hydroxylation sites is 1. The second-order valence-electron chi connectivity index (χ2n) is 5.41. The van der Waals surface area contributed by atoms with Gasteiger partial charge in [-0.2, -0.15) is 0 Å². The van der Waals surface area contributed by atoms with Gasteiger partial charge in [-0.1, -0.05) is 47.6 Å². The quantitative estimate of drug-likeness (QED) is 0.461. The molecule has 1 aliphatic carbocycles. The Morgan fingerprint density at radius 2 is 1.71 bits per heavy atom. The van der Waals surface area contributed by atoms with Gasteiger partial charge in [0.1, 0.15) is 5.71 Å². The van der Waals surface area contributed by atoms with E-state index >= 15 is 0 Å². The van der Waals surface area contributed by atoms with E-state index in [2.05, 4.69) is 29.4 Å². The van der Waals surface area contributed by atoms with E-state index in [0.29, 0.717) is 11.4 Å². The average molecular weight is 446 g/mol. The summed E-state index contributed by atoms with van der Waals surface area (Å²) in [5.41, 5.74) is 4.27. The highest BCUT2D eigenvalue weighted by Crippen LogP contribution is 2.29. The van der Waals surface area contributed by atoms with E-state index in [1.54, 1.807) is 17.8 Å². The number of rotatable bonds is 1. The predicted octanol–water partition coefficient (Wildman–Crippen LogP) is -0.251. The Hall–Kier alpha value is -1.77. The monoisotopic (exact) mass is 446 g/mol. The zero-order valence-corrected chi connectivity index (χ0v) is 15.9.